The van der Waals surface area contributed by atoms with Gasteiger partial charge in [-0.05, 0) is 29.1 Å². The lowest BCUT2D eigenvalue weighted by Crippen LogP contribution is -2.03. The molecule has 0 aromatic heterocycles. The summed E-state index contributed by atoms with van der Waals surface area (Å²) in [5.41, 5.74) is 15.1. The van der Waals surface area contributed by atoms with Gasteiger partial charge in [0.25, 0.3) is 0 Å². The molecule has 4 heteroatoms. The van der Waals surface area contributed by atoms with Gasteiger partial charge in [-0.15, -0.1) is 0 Å². The Morgan fingerprint density at radius 3 is 2.06 bits per heavy atom. The first kappa shape index (κ1) is 21.4. The maximum atomic E-state index is 11.1. The van der Waals surface area contributed by atoms with Crippen LogP contribution >= 0.6 is 0 Å². The highest BCUT2D eigenvalue weighted by Crippen LogP contribution is 2.25. The number of carbonyl (C=O) groups excluding carboxylic acids is 1. The van der Waals surface area contributed by atoms with E-state index in [1.807, 2.05) is 97.1 Å². The third kappa shape index (κ3) is 5.84. The summed E-state index contributed by atoms with van der Waals surface area (Å²) in [4.78, 5) is 11.1. The lowest BCUT2D eigenvalue weighted by atomic mass is 10.1. The van der Waals surface area contributed by atoms with Crippen LogP contribution in [0.15, 0.2) is 104 Å². The first-order chi connectivity index (χ1) is 15.1. The lowest BCUT2D eigenvalue weighted by molar-refractivity contribution is -0.128. The highest BCUT2D eigenvalue weighted by molar-refractivity contribution is 5.92. The molecule has 0 unspecified atom stereocenters. The highest BCUT2D eigenvalue weighted by atomic mass is 16.5. The van der Waals surface area contributed by atoms with Crippen molar-refractivity contribution in [2.45, 2.75) is 0 Å². The molecule has 4 N–H and O–H groups in total. The monoisotopic (exact) mass is 408 g/mol. The number of nitrogens with two attached hydrogens (primary N) is 2. The van der Waals surface area contributed by atoms with Crippen molar-refractivity contribution in [3.63, 3.8) is 0 Å². The molecule has 0 saturated heterocycles. The van der Waals surface area contributed by atoms with Crippen molar-refractivity contribution in [1.82, 2.24) is 0 Å². The van der Waals surface area contributed by atoms with E-state index < -0.39 is 5.97 Å². The number of ether oxygens (including phenoxy) is 1. The second-order valence-electron chi connectivity index (χ2n) is 6.70. The number of anilines is 2. The second-order valence-corrected chi connectivity index (χ2v) is 6.70. The Bertz CT molecular complexity index is 1190. The smallest absolute Gasteiger partial charge is 0.335 e. The zero-order chi connectivity index (χ0) is 22.1. The van der Waals surface area contributed by atoms with Crippen LogP contribution in [0.5, 0.6) is 5.75 Å². The summed E-state index contributed by atoms with van der Waals surface area (Å²) in [6.45, 7) is 3.36. The molecule has 0 fully saturated rings. The van der Waals surface area contributed by atoms with Crippen LogP contribution in [-0.2, 0) is 4.79 Å². The molecule has 0 aliphatic heterocycles. The van der Waals surface area contributed by atoms with Crippen LogP contribution in [0.1, 0.15) is 11.1 Å². The Balaban J connectivity index is 0.000000176. The molecule has 0 amide bonds. The molecule has 4 nitrogen and oxygen atoms in total. The zero-order valence-corrected chi connectivity index (χ0v) is 17.1. The molecule has 0 radical (unpaired) electrons. The van der Waals surface area contributed by atoms with Crippen molar-refractivity contribution >= 4 is 40.3 Å². The van der Waals surface area contributed by atoms with Gasteiger partial charge in [0.15, 0.2) is 0 Å². The van der Waals surface area contributed by atoms with E-state index in [9.17, 15) is 4.79 Å². The van der Waals surface area contributed by atoms with Crippen LogP contribution in [0.2, 0.25) is 0 Å². The van der Waals surface area contributed by atoms with Gasteiger partial charge < -0.3 is 16.2 Å². The number of hydrogen-bond acceptors (Lipinski definition) is 4. The molecule has 0 atom stereocenters. The normalized spacial score (nSPS) is 10.3. The summed E-state index contributed by atoms with van der Waals surface area (Å²) >= 11 is 0. The van der Waals surface area contributed by atoms with Crippen LogP contribution in [0.3, 0.4) is 0 Å². The predicted molar refractivity (Wildman–Crippen MR) is 130 cm³/mol. The summed E-state index contributed by atoms with van der Waals surface area (Å²) in [7, 11) is 0. The largest absolute Gasteiger partial charge is 0.423 e. The van der Waals surface area contributed by atoms with Crippen molar-refractivity contribution in [1.29, 1.82) is 0 Å². The van der Waals surface area contributed by atoms with E-state index in [1.165, 1.54) is 0 Å². The molecular weight excluding hydrogens is 384 g/mol. The van der Waals surface area contributed by atoms with E-state index in [0.717, 1.165) is 28.0 Å². The van der Waals surface area contributed by atoms with E-state index in [-0.39, 0.29) is 0 Å². The van der Waals surface area contributed by atoms with Gasteiger partial charge >= 0.3 is 5.97 Å². The van der Waals surface area contributed by atoms with Crippen LogP contribution in [-0.4, -0.2) is 5.97 Å². The maximum Gasteiger partial charge on any atom is 0.335 e. The topological polar surface area (TPSA) is 78.3 Å². The molecule has 0 aliphatic rings. The number of nitrogen functional groups attached to an aromatic ring is 2. The Kier molecular flexibility index (Phi) is 7.22. The molecule has 4 aromatic carbocycles. The van der Waals surface area contributed by atoms with Gasteiger partial charge in [-0.25, -0.2) is 4.79 Å². The minimum absolute atomic E-state index is 0.439. The van der Waals surface area contributed by atoms with Gasteiger partial charge in [-0.1, -0.05) is 91.5 Å². The number of esters is 1. The van der Waals surface area contributed by atoms with Crippen molar-refractivity contribution in [2.75, 3.05) is 11.5 Å². The Morgan fingerprint density at radius 1 is 0.742 bits per heavy atom. The first-order valence-corrected chi connectivity index (χ1v) is 9.77. The molecule has 154 valence electrons. The van der Waals surface area contributed by atoms with E-state index in [1.54, 1.807) is 6.07 Å². The highest BCUT2D eigenvalue weighted by Gasteiger charge is 2.03. The predicted octanol–water partition coefficient (Wildman–Crippen LogP) is 5.95. The molecular formula is C27H24N2O2. The van der Waals surface area contributed by atoms with Crippen molar-refractivity contribution < 1.29 is 9.53 Å². The fourth-order valence-electron chi connectivity index (χ4n) is 2.97. The van der Waals surface area contributed by atoms with Gasteiger partial charge in [0.1, 0.15) is 5.75 Å². The second kappa shape index (κ2) is 10.5. The number of rotatable bonds is 4. The van der Waals surface area contributed by atoms with Crippen LogP contribution in [0.4, 0.5) is 11.4 Å². The summed E-state index contributed by atoms with van der Waals surface area (Å²) in [6.07, 6.45) is 5.10. The van der Waals surface area contributed by atoms with Crippen LogP contribution in [0, 0.1) is 0 Å². The quantitative estimate of drug-likeness (QED) is 0.144. The molecule has 0 bridgehead atoms. The van der Waals surface area contributed by atoms with E-state index in [4.69, 9.17) is 16.2 Å². The van der Waals surface area contributed by atoms with E-state index in [2.05, 4.69) is 6.58 Å². The Hall–Kier alpha value is -4.31. The van der Waals surface area contributed by atoms with Crippen molar-refractivity contribution in [2.24, 2.45) is 0 Å². The average molecular weight is 409 g/mol. The van der Waals surface area contributed by atoms with E-state index in [0.29, 0.717) is 17.1 Å². The van der Waals surface area contributed by atoms with Gasteiger partial charge in [0.2, 0.25) is 0 Å². The minimum Gasteiger partial charge on any atom is -0.423 e. The average Bonchev–Trinajstić information content (AvgIpc) is 2.80. The zero-order valence-electron chi connectivity index (χ0n) is 17.1. The summed E-state index contributed by atoms with van der Waals surface area (Å²) in [5, 5.41) is 1.97. The number of hydrogen-bond donors (Lipinski definition) is 2. The molecule has 0 spiro atoms. The van der Waals surface area contributed by atoms with Gasteiger partial charge in [-0.2, -0.15) is 0 Å². The van der Waals surface area contributed by atoms with Crippen LogP contribution in [0.25, 0.3) is 22.9 Å². The Labute approximate surface area is 182 Å². The maximum absolute atomic E-state index is 11.1. The molecule has 0 heterocycles. The molecule has 4 rings (SSSR count). The third-order valence-electron chi connectivity index (χ3n) is 4.54. The first-order valence-electron chi connectivity index (χ1n) is 9.77. The number of carbonyl (C=O) groups is 1. The molecule has 0 saturated carbocycles. The van der Waals surface area contributed by atoms with Gasteiger partial charge in [0.05, 0.1) is 0 Å². The molecule has 31 heavy (non-hydrogen) atoms. The van der Waals surface area contributed by atoms with Gasteiger partial charge in [-0.3, -0.25) is 0 Å². The summed E-state index contributed by atoms with van der Waals surface area (Å²) in [6, 6.07) is 28.9. The molecule has 0 aliphatic carbocycles. The Morgan fingerprint density at radius 2 is 1.35 bits per heavy atom. The lowest BCUT2D eigenvalue weighted by Gasteiger charge is -2.05. The third-order valence-corrected chi connectivity index (χ3v) is 4.54. The minimum atomic E-state index is -0.439. The summed E-state index contributed by atoms with van der Waals surface area (Å²) < 4.78 is 5.12. The van der Waals surface area contributed by atoms with E-state index >= 15 is 0 Å². The number of benzene rings is 4. The standard InChI is InChI=1S/C14H14N2.C13H10O2/c15-13-7-4-8-14(16)12(13)10-9-11-5-2-1-3-6-11;1-2-13(14)15-12-9-5-7-10-6-3-4-8-11(10)12/h1-10H,15-16H2;2-9H,1H2. The molecule has 4 aromatic rings. The van der Waals surface area contributed by atoms with Crippen LogP contribution < -0.4 is 16.2 Å². The fourth-order valence-corrected chi connectivity index (χ4v) is 2.97. The SMILES string of the molecule is C=CC(=O)Oc1cccc2ccccc12.Nc1cccc(N)c1C=Cc1ccccc1. The summed E-state index contributed by atoms with van der Waals surface area (Å²) in [5.74, 6) is 0.129. The fraction of sp³-hybridized carbons (Fsp3) is 0. The van der Waals surface area contributed by atoms with Gasteiger partial charge in [0, 0.05) is 28.4 Å². The van der Waals surface area contributed by atoms with Crippen molar-refractivity contribution in [3.05, 3.63) is 115 Å². The number of fused-ring (bicyclic) bond motifs is 1. The van der Waals surface area contributed by atoms with Crippen molar-refractivity contribution in [3.8, 4) is 5.75 Å².